The van der Waals surface area contributed by atoms with Crippen molar-refractivity contribution in [1.29, 1.82) is 0 Å². The van der Waals surface area contributed by atoms with Crippen molar-refractivity contribution >= 4 is 35.2 Å². The van der Waals surface area contributed by atoms with E-state index in [0.717, 1.165) is 17.0 Å². The van der Waals surface area contributed by atoms with Crippen molar-refractivity contribution in [2.45, 2.75) is 32.6 Å². The van der Waals surface area contributed by atoms with Crippen LogP contribution < -0.4 is 11.1 Å². The van der Waals surface area contributed by atoms with Gasteiger partial charge >= 0.3 is 5.97 Å². The van der Waals surface area contributed by atoms with Gasteiger partial charge in [-0.2, -0.15) is 0 Å². The van der Waals surface area contributed by atoms with Crippen molar-refractivity contribution in [3.8, 4) is 0 Å². The number of carbonyl (C=O) groups excluding carboxylic acids is 3. The van der Waals surface area contributed by atoms with Crippen LogP contribution >= 0.6 is 11.8 Å². The molecule has 0 aliphatic heterocycles. The van der Waals surface area contributed by atoms with Crippen LogP contribution in [-0.4, -0.2) is 34.8 Å². The second-order valence-electron chi connectivity index (χ2n) is 5.86. The molecule has 0 radical (unpaired) electrons. The van der Waals surface area contributed by atoms with Crippen LogP contribution in [0.2, 0.25) is 0 Å². The van der Waals surface area contributed by atoms with Gasteiger partial charge in [0.15, 0.2) is 6.10 Å². The molecule has 1 aromatic carbocycles. The summed E-state index contributed by atoms with van der Waals surface area (Å²) in [6, 6.07) is 6.10. The van der Waals surface area contributed by atoms with Crippen LogP contribution in [0.4, 0.5) is 5.69 Å². The first-order valence-electron chi connectivity index (χ1n) is 8.17. The molecule has 0 bridgehead atoms. The Labute approximate surface area is 160 Å². The number of nitrogens with zero attached hydrogens (tertiary/aromatic N) is 1. The molecule has 144 valence electrons. The molecule has 27 heavy (non-hydrogen) atoms. The van der Waals surface area contributed by atoms with E-state index in [1.54, 1.807) is 12.1 Å². The lowest BCUT2D eigenvalue weighted by atomic mass is 10.2. The molecule has 0 spiro atoms. The number of primary amides is 1. The monoisotopic (exact) mass is 391 g/mol. The predicted molar refractivity (Wildman–Crippen MR) is 101 cm³/mol. The smallest absolute Gasteiger partial charge is 0.316 e. The van der Waals surface area contributed by atoms with E-state index in [0.29, 0.717) is 17.0 Å². The molecular weight excluding hydrogens is 370 g/mol. The fourth-order valence-electron chi connectivity index (χ4n) is 2.19. The predicted octanol–water partition coefficient (Wildman–Crippen LogP) is 2.19. The van der Waals surface area contributed by atoms with Gasteiger partial charge in [-0.05, 0) is 45.0 Å². The molecule has 0 aliphatic rings. The maximum absolute atomic E-state index is 12.1. The fourth-order valence-corrected chi connectivity index (χ4v) is 3.14. The summed E-state index contributed by atoms with van der Waals surface area (Å²) in [7, 11) is 0. The minimum absolute atomic E-state index is 0.106. The van der Waals surface area contributed by atoms with Crippen LogP contribution in [0.1, 0.15) is 34.3 Å². The molecular formula is C18H21N3O5S. The van der Waals surface area contributed by atoms with E-state index in [1.807, 2.05) is 13.8 Å². The Balaban J connectivity index is 1.77. The third-order valence-electron chi connectivity index (χ3n) is 3.76. The second kappa shape index (κ2) is 9.22. The van der Waals surface area contributed by atoms with Crippen LogP contribution in [0, 0.1) is 13.8 Å². The number of amides is 2. The van der Waals surface area contributed by atoms with Gasteiger partial charge in [0.2, 0.25) is 5.91 Å². The van der Waals surface area contributed by atoms with Crippen LogP contribution in [-0.2, 0) is 20.1 Å². The number of aryl methyl sites for hydroxylation is 2. The second-order valence-corrected chi connectivity index (χ2v) is 6.84. The molecule has 9 heteroatoms. The third kappa shape index (κ3) is 5.85. The molecule has 0 unspecified atom stereocenters. The number of carbonyl (C=O) groups is 3. The van der Waals surface area contributed by atoms with Crippen LogP contribution in [0.15, 0.2) is 28.8 Å². The van der Waals surface area contributed by atoms with Crippen molar-refractivity contribution < 1.29 is 23.6 Å². The van der Waals surface area contributed by atoms with Gasteiger partial charge in [-0.25, -0.2) is 0 Å². The van der Waals surface area contributed by atoms with Crippen molar-refractivity contribution in [2.75, 3.05) is 11.1 Å². The summed E-state index contributed by atoms with van der Waals surface area (Å²) in [6.45, 7) is 5.15. The minimum Gasteiger partial charge on any atom is -0.452 e. The van der Waals surface area contributed by atoms with Crippen LogP contribution in [0.3, 0.4) is 0 Å². The van der Waals surface area contributed by atoms with E-state index in [2.05, 4.69) is 10.5 Å². The van der Waals surface area contributed by atoms with Crippen molar-refractivity contribution in [3.63, 3.8) is 0 Å². The van der Waals surface area contributed by atoms with Gasteiger partial charge in [0, 0.05) is 22.6 Å². The lowest BCUT2D eigenvalue weighted by Crippen LogP contribution is -2.30. The summed E-state index contributed by atoms with van der Waals surface area (Å²) in [6.07, 6.45) is -0.951. The number of benzene rings is 1. The summed E-state index contributed by atoms with van der Waals surface area (Å²) < 4.78 is 10.2. The summed E-state index contributed by atoms with van der Waals surface area (Å²) in [5.74, 6) is -0.102. The number of nitrogens with two attached hydrogens (primary N) is 1. The summed E-state index contributed by atoms with van der Waals surface area (Å²) in [5.41, 5.74) is 7.72. The molecule has 1 atom stereocenters. The molecule has 0 saturated carbocycles. The summed E-state index contributed by atoms with van der Waals surface area (Å²) in [4.78, 5) is 35.1. The zero-order chi connectivity index (χ0) is 20.0. The molecule has 0 aliphatic carbocycles. The van der Waals surface area contributed by atoms with Gasteiger partial charge in [0.1, 0.15) is 5.76 Å². The quantitative estimate of drug-likeness (QED) is 0.661. The maximum Gasteiger partial charge on any atom is 0.316 e. The molecule has 2 rings (SSSR count). The van der Waals surface area contributed by atoms with Gasteiger partial charge in [0.25, 0.3) is 5.91 Å². The normalized spacial score (nSPS) is 11.7. The first-order chi connectivity index (χ1) is 12.8. The highest BCUT2D eigenvalue weighted by Crippen LogP contribution is 2.19. The van der Waals surface area contributed by atoms with Gasteiger partial charge in [-0.15, -0.1) is 11.8 Å². The molecule has 2 amide bonds. The van der Waals surface area contributed by atoms with Crippen LogP contribution in [0.25, 0.3) is 0 Å². The Kier molecular flexibility index (Phi) is 7.00. The van der Waals surface area contributed by atoms with Gasteiger partial charge in [0.05, 0.1) is 11.4 Å². The highest BCUT2D eigenvalue weighted by Gasteiger charge is 2.18. The van der Waals surface area contributed by atoms with Crippen molar-refractivity contribution in [1.82, 2.24) is 5.16 Å². The Morgan fingerprint density at radius 3 is 2.48 bits per heavy atom. The Bertz CT molecular complexity index is 813. The fraction of sp³-hybridized carbons (Fsp3) is 0.333. The topological polar surface area (TPSA) is 125 Å². The minimum atomic E-state index is -0.951. The highest BCUT2D eigenvalue weighted by molar-refractivity contribution is 7.99. The van der Waals surface area contributed by atoms with Crippen molar-refractivity contribution in [2.24, 2.45) is 5.73 Å². The SMILES string of the molecule is Cc1noc(C)c1CSCC(=O)O[C@H](C)C(=O)Nc1ccc(C(N)=O)cc1. The van der Waals surface area contributed by atoms with Gasteiger partial charge < -0.3 is 20.3 Å². The lowest BCUT2D eigenvalue weighted by Gasteiger charge is -2.13. The average Bonchev–Trinajstić information content (AvgIpc) is 2.94. The largest absolute Gasteiger partial charge is 0.452 e. The Hall–Kier alpha value is -2.81. The van der Waals surface area contributed by atoms with Gasteiger partial charge in [-0.1, -0.05) is 5.16 Å². The Morgan fingerprint density at radius 2 is 1.93 bits per heavy atom. The summed E-state index contributed by atoms with van der Waals surface area (Å²) in [5, 5.41) is 6.47. The molecule has 2 aromatic rings. The van der Waals surface area contributed by atoms with E-state index in [-0.39, 0.29) is 5.75 Å². The van der Waals surface area contributed by atoms with E-state index >= 15 is 0 Å². The zero-order valence-corrected chi connectivity index (χ0v) is 16.1. The summed E-state index contributed by atoms with van der Waals surface area (Å²) >= 11 is 1.36. The first-order valence-corrected chi connectivity index (χ1v) is 9.33. The zero-order valence-electron chi connectivity index (χ0n) is 15.3. The number of hydrogen-bond donors (Lipinski definition) is 2. The van der Waals surface area contributed by atoms with Gasteiger partial charge in [-0.3, -0.25) is 14.4 Å². The number of rotatable bonds is 8. The molecule has 8 nitrogen and oxygen atoms in total. The maximum atomic E-state index is 12.1. The van der Waals surface area contributed by atoms with E-state index < -0.39 is 23.9 Å². The number of nitrogens with one attached hydrogen (secondary N) is 1. The number of hydrogen-bond acceptors (Lipinski definition) is 7. The highest BCUT2D eigenvalue weighted by atomic mass is 32.2. The molecule has 1 heterocycles. The third-order valence-corrected chi connectivity index (χ3v) is 4.69. The van der Waals surface area contributed by atoms with E-state index in [4.69, 9.17) is 15.0 Å². The number of thioether (sulfide) groups is 1. The number of ether oxygens (including phenoxy) is 1. The van der Waals surface area contributed by atoms with Crippen molar-refractivity contribution in [3.05, 3.63) is 46.8 Å². The first kappa shape index (κ1) is 20.5. The molecule has 0 fully saturated rings. The lowest BCUT2D eigenvalue weighted by molar-refractivity contribution is -0.150. The van der Waals surface area contributed by atoms with E-state index in [9.17, 15) is 14.4 Å². The Morgan fingerprint density at radius 1 is 1.26 bits per heavy atom. The van der Waals surface area contributed by atoms with E-state index in [1.165, 1.54) is 30.8 Å². The van der Waals surface area contributed by atoms with Crippen LogP contribution in [0.5, 0.6) is 0 Å². The molecule has 1 aromatic heterocycles. The number of anilines is 1. The number of esters is 1. The molecule has 3 N–H and O–H groups in total. The number of aromatic nitrogens is 1. The standard InChI is InChI=1S/C18H21N3O5S/c1-10-15(11(2)26-21-10)8-27-9-16(22)25-12(3)18(24)20-14-6-4-13(5-7-14)17(19)23/h4-7,12H,8-9H2,1-3H3,(H2,19,23)(H,20,24)/t12-/m1/s1. The average molecular weight is 391 g/mol. The molecule has 0 saturated heterocycles.